The van der Waals surface area contributed by atoms with E-state index in [4.69, 9.17) is 4.74 Å². The van der Waals surface area contributed by atoms with Crippen LogP contribution in [-0.2, 0) is 14.6 Å². The lowest BCUT2D eigenvalue weighted by Crippen LogP contribution is -2.19. The first-order chi connectivity index (χ1) is 11.8. The van der Waals surface area contributed by atoms with Gasteiger partial charge in [0.25, 0.3) is 5.91 Å². The number of hydrogen-bond acceptors (Lipinski definition) is 7. The number of ether oxygens (including phenoxy) is 1. The van der Waals surface area contributed by atoms with Crippen molar-refractivity contribution in [1.29, 1.82) is 0 Å². The molecule has 1 aliphatic heterocycles. The van der Waals surface area contributed by atoms with Crippen molar-refractivity contribution in [3.05, 3.63) is 34.9 Å². The van der Waals surface area contributed by atoms with Crippen molar-refractivity contribution in [2.75, 3.05) is 12.9 Å². The summed E-state index contributed by atoms with van der Waals surface area (Å²) in [5.41, 5.74) is 1.37. The number of nitrogens with zero attached hydrogens (tertiary/aromatic N) is 1. The number of thiol groups is 1. The van der Waals surface area contributed by atoms with Crippen LogP contribution in [0.4, 0.5) is 0 Å². The highest BCUT2D eigenvalue weighted by Crippen LogP contribution is 2.34. The highest BCUT2D eigenvalue weighted by atomic mass is 32.2. The lowest BCUT2D eigenvalue weighted by Gasteiger charge is -2.12. The maximum atomic E-state index is 12.0. The molecule has 2 heterocycles. The highest BCUT2D eigenvalue weighted by molar-refractivity contribution is 8.14. The fourth-order valence-corrected chi connectivity index (χ4v) is 4.44. The Labute approximate surface area is 155 Å². The summed E-state index contributed by atoms with van der Waals surface area (Å²) in [6.07, 6.45) is 4.17. The Morgan fingerprint density at radius 1 is 1.44 bits per heavy atom. The average molecular weight is 397 g/mol. The van der Waals surface area contributed by atoms with Gasteiger partial charge in [-0.3, -0.25) is 9.78 Å². The third kappa shape index (κ3) is 3.78. The van der Waals surface area contributed by atoms with Gasteiger partial charge in [-0.25, -0.2) is 8.42 Å². The minimum atomic E-state index is -3.48. The second-order valence-corrected chi connectivity index (χ2v) is 9.38. The topological polar surface area (TPSA) is 85.4 Å². The van der Waals surface area contributed by atoms with E-state index in [9.17, 15) is 13.2 Å². The van der Waals surface area contributed by atoms with Crippen LogP contribution in [-0.4, -0.2) is 36.9 Å². The lowest BCUT2D eigenvalue weighted by atomic mass is 10.1. The van der Waals surface area contributed by atoms with Crippen LogP contribution in [0.3, 0.4) is 0 Å². The Morgan fingerprint density at radius 2 is 2.20 bits per heavy atom. The molecule has 9 heteroatoms. The molecule has 1 aromatic heterocycles. The third-order valence-corrected chi connectivity index (χ3v) is 5.95. The van der Waals surface area contributed by atoms with Gasteiger partial charge in [-0.1, -0.05) is 17.8 Å². The normalized spacial score (nSPS) is 19.4. The van der Waals surface area contributed by atoms with Crippen molar-refractivity contribution in [1.82, 2.24) is 10.3 Å². The van der Waals surface area contributed by atoms with Crippen LogP contribution in [0.25, 0.3) is 17.0 Å². The molecular formula is C16H16N2O4S3. The van der Waals surface area contributed by atoms with Crippen molar-refractivity contribution in [2.45, 2.75) is 16.5 Å². The van der Waals surface area contributed by atoms with Crippen LogP contribution in [0.2, 0.25) is 0 Å². The molecule has 2 aromatic rings. The van der Waals surface area contributed by atoms with Crippen molar-refractivity contribution < 1.29 is 17.9 Å². The summed E-state index contributed by atoms with van der Waals surface area (Å²) in [5, 5.41) is 3.28. The summed E-state index contributed by atoms with van der Waals surface area (Å²) < 4.78 is 29.4. The van der Waals surface area contributed by atoms with Gasteiger partial charge in [-0.15, -0.1) is 12.6 Å². The first-order valence-electron chi connectivity index (χ1n) is 7.42. The lowest BCUT2D eigenvalue weighted by molar-refractivity contribution is -0.116. The molecule has 1 fully saturated rings. The zero-order valence-electron chi connectivity index (χ0n) is 13.5. The second kappa shape index (κ2) is 6.89. The smallest absolute Gasteiger partial charge is 0.259 e. The molecular weight excluding hydrogens is 380 g/mol. The summed E-state index contributed by atoms with van der Waals surface area (Å²) >= 11 is 5.54. The molecule has 0 radical (unpaired) electrons. The summed E-state index contributed by atoms with van der Waals surface area (Å²) in [6, 6.07) is 5.36. The molecule has 1 unspecified atom stereocenters. The van der Waals surface area contributed by atoms with E-state index >= 15 is 0 Å². The Kier molecular flexibility index (Phi) is 4.99. The van der Waals surface area contributed by atoms with Crippen LogP contribution in [0.1, 0.15) is 12.5 Å². The standard InChI is InChI=1S/C16H16N2O4S3/c1-3-22-14-10-6-9(7-12-15(19)18-16(23)24-12)4-5-11(10)17-8-13(14)25(2,20)21/h4-8,16,23H,3H2,1-2H3,(H,18,19)/b12-7-. The Balaban J connectivity index is 2.17. The monoisotopic (exact) mass is 396 g/mol. The molecule has 6 nitrogen and oxygen atoms in total. The van der Waals surface area contributed by atoms with Gasteiger partial charge < -0.3 is 10.1 Å². The van der Waals surface area contributed by atoms with Crippen molar-refractivity contribution in [3.8, 4) is 5.75 Å². The molecule has 1 aliphatic rings. The number of pyridine rings is 1. The Hall–Kier alpha value is -1.71. The molecule has 0 spiro atoms. The minimum absolute atomic E-state index is 0.0510. The number of carbonyl (C=O) groups is 1. The maximum Gasteiger partial charge on any atom is 0.259 e. The van der Waals surface area contributed by atoms with Gasteiger partial charge in [-0.05, 0) is 30.7 Å². The third-order valence-electron chi connectivity index (χ3n) is 3.51. The van der Waals surface area contributed by atoms with Gasteiger partial charge in [0, 0.05) is 11.6 Å². The van der Waals surface area contributed by atoms with Crippen LogP contribution in [0.15, 0.2) is 34.2 Å². The molecule has 1 aromatic carbocycles. The van der Waals surface area contributed by atoms with E-state index in [1.807, 2.05) is 6.07 Å². The number of hydrogen-bond donors (Lipinski definition) is 2. The van der Waals surface area contributed by atoms with E-state index in [2.05, 4.69) is 22.9 Å². The summed E-state index contributed by atoms with van der Waals surface area (Å²) in [6.45, 7) is 2.11. The van der Waals surface area contributed by atoms with Crippen LogP contribution >= 0.6 is 24.4 Å². The molecule has 0 bridgehead atoms. The van der Waals surface area contributed by atoms with E-state index < -0.39 is 9.84 Å². The van der Waals surface area contributed by atoms with Gasteiger partial charge in [0.05, 0.1) is 23.2 Å². The number of carbonyl (C=O) groups excluding carboxylic acids is 1. The molecule has 25 heavy (non-hydrogen) atoms. The van der Waals surface area contributed by atoms with Crippen molar-refractivity contribution >= 4 is 57.1 Å². The van der Waals surface area contributed by atoms with E-state index in [0.29, 0.717) is 22.4 Å². The fraction of sp³-hybridized carbons (Fsp3) is 0.250. The largest absolute Gasteiger partial charge is 0.492 e. The number of fused-ring (bicyclic) bond motifs is 1. The second-order valence-electron chi connectivity index (χ2n) is 5.39. The predicted molar refractivity (Wildman–Crippen MR) is 103 cm³/mol. The van der Waals surface area contributed by atoms with Gasteiger partial charge >= 0.3 is 0 Å². The molecule has 0 aliphatic carbocycles. The fourth-order valence-electron chi connectivity index (χ4n) is 2.45. The number of amides is 1. The number of thioether (sulfide) groups is 1. The quantitative estimate of drug-likeness (QED) is 0.610. The molecule has 3 rings (SSSR count). The van der Waals surface area contributed by atoms with E-state index in [1.54, 1.807) is 25.1 Å². The average Bonchev–Trinajstić information content (AvgIpc) is 2.84. The first kappa shape index (κ1) is 18.1. The molecule has 1 atom stereocenters. The maximum absolute atomic E-state index is 12.0. The molecule has 1 amide bonds. The van der Waals surface area contributed by atoms with Crippen molar-refractivity contribution in [3.63, 3.8) is 0 Å². The van der Waals surface area contributed by atoms with Gasteiger partial charge in [0.1, 0.15) is 15.4 Å². The number of benzene rings is 1. The van der Waals surface area contributed by atoms with Gasteiger partial charge in [0.15, 0.2) is 9.84 Å². The predicted octanol–water partition coefficient (Wildman–Crippen LogP) is 2.45. The molecule has 132 valence electrons. The Morgan fingerprint density at radius 3 is 2.80 bits per heavy atom. The summed E-state index contributed by atoms with van der Waals surface area (Å²) in [5.74, 6) is 0.101. The van der Waals surface area contributed by atoms with E-state index in [-0.39, 0.29) is 21.3 Å². The summed E-state index contributed by atoms with van der Waals surface area (Å²) in [4.78, 5) is 16.7. The van der Waals surface area contributed by atoms with E-state index in [0.717, 1.165) is 11.8 Å². The SMILES string of the molecule is CCOc1c(S(C)(=O)=O)cnc2ccc(/C=C3\SC(S)NC3=O)cc12. The van der Waals surface area contributed by atoms with Crippen LogP contribution in [0.5, 0.6) is 5.75 Å². The van der Waals surface area contributed by atoms with Gasteiger partial charge in [-0.2, -0.15) is 0 Å². The number of aromatic nitrogens is 1. The van der Waals surface area contributed by atoms with Gasteiger partial charge in [0.2, 0.25) is 0 Å². The number of nitrogens with one attached hydrogen (secondary N) is 1. The zero-order valence-corrected chi connectivity index (χ0v) is 16.0. The first-order valence-corrected chi connectivity index (χ1v) is 10.7. The van der Waals surface area contributed by atoms with Crippen LogP contribution in [0, 0.1) is 0 Å². The highest BCUT2D eigenvalue weighted by Gasteiger charge is 2.24. The molecule has 1 saturated heterocycles. The number of sulfone groups is 1. The van der Waals surface area contributed by atoms with Crippen LogP contribution < -0.4 is 10.1 Å². The van der Waals surface area contributed by atoms with E-state index in [1.165, 1.54) is 18.0 Å². The van der Waals surface area contributed by atoms with Crippen molar-refractivity contribution in [2.24, 2.45) is 0 Å². The molecule has 0 saturated carbocycles. The Bertz CT molecular complexity index is 986. The molecule has 1 N–H and O–H groups in total. The minimum Gasteiger partial charge on any atom is -0.492 e. The number of rotatable bonds is 4. The zero-order chi connectivity index (χ0) is 18.2. The summed E-state index contributed by atoms with van der Waals surface area (Å²) in [7, 11) is -3.48.